The number of halogens is 3. The Morgan fingerprint density at radius 1 is 1.56 bits per heavy atom. The van der Waals surface area contributed by atoms with Gasteiger partial charge in [0, 0.05) is 6.54 Å². The van der Waals surface area contributed by atoms with Crippen LogP contribution in [0.15, 0.2) is 10.5 Å². The normalized spacial score (nSPS) is 12.6. The van der Waals surface area contributed by atoms with E-state index in [4.69, 9.17) is 4.74 Å². The first kappa shape index (κ1) is 13.3. The van der Waals surface area contributed by atoms with Crippen LogP contribution in [0.1, 0.15) is 11.7 Å². The molecule has 0 amide bonds. The lowest BCUT2D eigenvalue weighted by Gasteiger charge is -2.16. The number of hydrogen-bond donors (Lipinski definition) is 2. The predicted octanol–water partition coefficient (Wildman–Crippen LogP) is 1.99. The number of aliphatic hydroxyl groups is 1. The van der Waals surface area contributed by atoms with Gasteiger partial charge in [-0.3, -0.25) is 0 Å². The Hall–Kier alpha value is -0.720. The van der Waals surface area contributed by atoms with Gasteiger partial charge in [-0.2, -0.15) is 0 Å². The Labute approximate surface area is 101 Å². The molecule has 6 heteroatoms. The standard InChI is InChI=1S/C10H12BrF2NO2/c1-14-4-7(15)8-9(13)5(11)3-6(12)10(8)16-2/h3,7,14-15H,4H2,1-2H3. The second kappa shape index (κ2) is 5.56. The molecule has 1 rings (SSSR count). The Kier molecular flexibility index (Phi) is 4.64. The molecule has 0 radical (unpaired) electrons. The monoisotopic (exact) mass is 295 g/mol. The first-order valence-electron chi connectivity index (χ1n) is 4.57. The van der Waals surface area contributed by atoms with E-state index in [0.717, 1.165) is 6.07 Å². The molecule has 1 aromatic carbocycles. The summed E-state index contributed by atoms with van der Waals surface area (Å²) in [7, 11) is 2.82. The molecule has 3 nitrogen and oxygen atoms in total. The lowest BCUT2D eigenvalue weighted by molar-refractivity contribution is 0.167. The summed E-state index contributed by atoms with van der Waals surface area (Å²) >= 11 is 2.88. The number of benzene rings is 1. The van der Waals surface area contributed by atoms with Gasteiger partial charge in [-0.15, -0.1) is 0 Å². The summed E-state index contributed by atoms with van der Waals surface area (Å²) in [6.45, 7) is 0.100. The molecule has 90 valence electrons. The minimum Gasteiger partial charge on any atom is -0.493 e. The molecule has 0 aliphatic heterocycles. The van der Waals surface area contributed by atoms with Crippen LogP contribution in [-0.4, -0.2) is 25.8 Å². The molecule has 1 unspecified atom stereocenters. The minimum absolute atomic E-state index is 0.0454. The van der Waals surface area contributed by atoms with Gasteiger partial charge in [-0.25, -0.2) is 8.78 Å². The van der Waals surface area contributed by atoms with Crippen LogP contribution < -0.4 is 10.1 Å². The molecule has 0 saturated carbocycles. The molecule has 0 aliphatic carbocycles. The van der Waals surface area contributed by atoms with E-state index in [1.807, 2.05) is 0 Å². The van der Waals surface area contributed by atoms with Crippen LogP contribution >= 0.6 is 15.9 Å². The maximum Gasteiger partial charge on any atom is 0.166 e. The van der Waals surface area contributed by atoms with Gasteiger partial charge in [0.2, 0.25) is 0 Å². The maximum absolute atomic E-state index is 13.7. The van der Waals surface area contributed by atoms with E-state index in [9.17, 15) is 13.9 Å². The minimum atomic E-state index is -1.17. The Morgan fingerprint density at radius 3 is 2.69 bits per heavy atom. The van der Waals surface area contributed by atoms with E-state index in [1.54, 1.807) is 7.05 Å². The van der Waals surface area contributed by atoms with Crippen LogP contribution in [0.5, 0.6) is 5.75 Å². The van der Waals surface area contributed by atoms with Crippen molar-refractivity contribution in [2.24, 2.45) is 0 Å². The Bertz CT molecular complexity index is 388. The van der Waals surface area contributed by atoms with Gasteiger partial charge in [0.05, 0.1) is 23.2 Å². The number of aliphatic hydroxyl groups excluding tert-OH is 1. The van der Waals surface area contributed by atoms with Crippen molar-refractivity contribution in [2.75, 3.05) is 20.7 Å². The van der Waals surface area contributed by atoms with E-state index in [-0.39, 0.29) is 22.3 Å². The van der Waals surface area contributed by atoms with Gasteiger partial charge in [0.1, 0.15) is 5.82 Å². The summed E-state index contributed by atoms with van der Waals surface area (Å²) in [6, 6.07) is 0.962. The van der Waals surface area contributed by atoms with Crippen LogP contribution in [-0.2, 0) is 0 Å². The van der Waals surface area contributed by atoms with Gasteiger partial charge in [0.15, 0.2) is 11.6 Å². The quantitative estimate of drug-likeness (QED) is 0.835. The van der Waals surface area contributed by atoms with Gasteiger partial charge in [-0.05, 0) is 29.0 Å². The van der Waals surface area contributed by atoms with Crippen molar-refractivity contribution in [1.29, 1.82) is 0 Å². The SMILES string of the molecule is CNCC(O)c1c(F)c(Br)cc(F)c1OC. The van der Waals surface area contributed by atoms with Crippen LogP contribution in [0.2, 0.25) is 0 Å². The third-order valence-electron chi connectivity index (χ3n) is 2.10. The summed E-state index contributed by atoms with van der Waals surface area (Å²) in [5.74, 6) is -1.72. The molecular formula is C10H12BrF2NO2. The largest absolute Gasteiger partial charge is 0.493 e. The van der Waals surface area contributed by atoms with Gasteiger partial charge < -0.3 is 15.2 Å². The molecule has 0 aromatic heterocycles. The smallest absolute Gasteiger partial charge is 0.166 e. The van der Waals surface area contributed by atoms with E-state index in [2.05, 4.69) is 21.2 Å². The predicted molar refractivity (Wildman–Crippen MR) is 59.5 cm³/mol. The molecule has 16 heavy (non-hydrogen) atoms. The molecule has 0 saturated heterocycles. The average molecular weight is 296 g/mol. The van der Waals surface area contributed by atoms with E-state index in [1.165, 1.54) is 7.11 Å². The number of ether oxygens (including phenoxy) is 1. The van der Waals surface area contributed by atoms with Crippen LogP contribution in [0.3, 0.4) is 0 Å². The highest BCUT2D eigenvalue weighted by molar-refractivity contribution is 9.10. The van der Waals surface area contributed by atoms with Crippen molar-refractivity contribution in [1.82, 2.24) is 5.32 Å². The number of nitrogens with one attached hydrogen (secondary N) is 1. The molecule has 0 spiro atoms. The number of hydrogen-bond acceptors (Lipinski definition) is 3. The van der Waals surface area contributed by atoms with Crippen molar-refractivity contribution >= 4 is 15.9 Å². The molecule has 0 bridgehead atoms. The molecule has 2 N–H and O–H groups in total. The summed E-state index contributed by atoms with van der Waals surface area (Å²) in [5.41, 5.74) is -0.191. The summed E-state index contributed by atoms with van der Waals surface area (Å²) in [5, 5.41) is 12.4. The van der Waals surface area contributed by atoms with Gasteiger partial charge in [-0.1, -0.05) is 0 Å². The van der Waals surface area contributed by atoms with Crippen molar-refractivity contribution in [3.63, 3.8) is 0 Å². The van der Waals surface area contributed by atoms with Gasteiger partial charge >= 0.3 is 0 Å². The third-order valence-corrected chi connectivity index (χ3v) is 2.67. The number of rotatable bonds is 4. The zero-order chi connectivity index (χ0) is 12.3. The lowest BCUT2D eigenvalue weighted by atomic mass is 10.1. The summed E-state index contributed by atoms with van der Waals surface area (Å²) in [6.07, 6.45) is -1.17. The summed E-state index contributed by atoms with van der Waals surface area (Å²) in [4.78, 5) is 0. The fourth-order valence-electron chi connectivity index (χ4n) is 1.40. The number of methoxy groups -OCH3 is 1. The summed E-state index contributed by atoms with van der Waals surface area (Å²) < 4.78 is 31.9. The molecular weight excluding hydrogens is 284 g/mol. The maximum atomic E-state index is 13.7. The van der Waals surface area contributed by atoms with Crippen molar-refractivity contribution < 1.29 is 18.6 Å². The van der Waals surface area contributed by atoms with Crippen LogP contribution in [0.25, 0.3) is 0 Å². The van der Waals surface area contributed by atoms with E-state index >= 15 is 0 Å². The highest BCUT2D eigenvalue weighted by atomic mass is 79.9. The molecule has 0 heterocycles. The fraction of sp³-hybridized carbons (Fsp3) is 0.400. The van der Waals surface area contributed by atoms with Crippen molar-refractivity contribution in [3.8, 4) is 5.75 Å². The number of likely N-dealkylation sites (N-methyl/N-ethyl adjacent to an activating group) is 1. The Morgan fingerprint density at radius 2 is 2.19 bits per heavy atom. The second-order valence-corrected chi connectivity index (χ2v) is 4.03. The second-order valence-electron chi connectivity index (χ2n) is 3.17. The zero-order valence-electron chi connectivity index (χ0n) is 8.85. The molecule has 0 aliphatic rings. The lowest BCUT2D eigenvalue weighted by Crippen LogP contribution is -2.19. The van der Waals surface area contributed by atoms with Gasteiger partial charge in [0.25, 0.3) is 0 Å². The highest BCUT2D eigenvalue weighted by Gasteiger charge is 2.23. The fourth-order valence-corrected chi connectivity index (χ4v) is 1.81. The first-order valence-corrected chi connectivity index (χ1v) is 5.36. The van der Waals surface area contributed by atoms with Crippen molar-refractivity contribution in [3.05, 3.63) is 27.7 Å². The third kappa shape index (κ3) is 2.50. The van der Waals surface area contributed by atoms with E-state index < -0.39 is 17.7 Å². The van der Waals surface area contributed by atoms with E-state index in [0.29, 0.717) is 0 Å². The topological polar surface area (TPSA) is 41.5 Å². The highest BCUT2D eigenvalue weighted by Crippen LogP contribution is 2.34. The van der Waals surface area contributed by atoms with Crippen molar-refractivity contribution in [2.45, 2.75) is 6.10 Å². The average Bonchev–Trinajstić information content (AvgIpc) is 2.23. The Balaban J connectivity index is 3.32. The molecule has 0 fully saturated rings. The molecule has 1 atom stereocenters. The van der Waals surface area contributed by atoms with Crippen LogP contribution in [0.4, 0.5) is 8.78 Å². The van der Waals surface area contributed by atoms with Crippen LogP contribution in [0, 0.1) is 11.6 Å². The zero-order valence-corrected chi connectivity index (χ0v) is 10.4. The first-order chi connectivity index (χ1) is 7.52. The molecule has 1 aromatic rings.